The predicted molar refractivity (Wildman–Crippen MR) is 57.2 cm³/mol. The third-order valence-electron chi connectivity index (χ3n) is 2.83. The van der Waals surface area contributed by atoms with E-state index in [2.05, 4.69) is 4.98 Å². The summed E-state index contributed by atoms with van der Waals surface area (Å²) in [4.78, 5) is 14.5. The number of hydrogen-bond acceptors (Lipinski definition) is 5. The lowest BCUT2D eigenvalue weighted by Crippen LogP contribution is -2.23. The Morgan fingerprint density at radius 1 is 1.56 bits per heavy atom. The quantitative estimate of drug-likeness (QED) is 0.818. The molecule has 0 aromatic carbocycles. The van der Waals surface area contributed by atoms with Crippen LogP contribution in [0, 0.1) is 22.7 Å². The molecule has 1 saturated heterocycles. The van der Waals surface area contributed by atoms with Crippen LogP contribution in [0.1, 0.15) is 24.2 Å². The summed E-state index contributed by atoms with van der Waals surface area (Å²) < 4.78 is 6.85. The van der Waals surface area contributed by atoms with Gasteiger partial charge in [-0.2, -0.15) is 10.5 Å². The zero-order valence-electron chi connectivity index (χ0n) is 9.41. The highest BCUT2D eigenvalue weighted by molar-refractivity contribution is 5.72. The lowest BCUT2D eigenvalue weighted by atomic mass is 10.2. The fraction of sp³-hybridized carbons (Fsp3) is 0.455. The summed E-state index contributed by atoms with van der Waals surface area (Å²) in [5, 5.41) is 26.5. The lowest BCUT2D eigenvalue weighted by molar-refractivity contribution is -0.149. The Morgan fingerprint density at radius 2 is 2.33 bits per heavy atom. The Labute approximate surface area is 103 Å². The van der Waals surface area contributed by atoms with Crippen LogP contribution in [0.2, 0.25) is 0 Å². The van der Waals surface area contributed by atoms with Gasteiger partial charge in [-0.25, -0.2) is 9.78 Å². The predicted octanol–water partition coefficient (Wildman–Crippen LogP) is 0.259. The van der Waals surface area contributed by atoms with Crippen molar-refractivity contribution >= 4 is 5.97 Å². The van der Waals surface area contributed by atoms with Gasteiger partial charge in [0.25, 0.3) is 0 Å². The molecule has 1 fully saturated rings. The minimum absolute atomic E-state index is 0.0743. The van der Waals surface area contributed by atoms with Gasteiger partial charge < -0.3 is 14.4 Å². The molecule has 2 atom stereocenters. The van der Waals surface area contributed by atoms with E-state index >= 15 is 0 Å². The average Bonchev–Trinajstić information content (AvgIpc) is 2.95. The molecular formula is C11H10N4O3. The van der Waals surface area contributed by atoms with E-state index in [0.717, 1.165) is 0 Å². The van der Waals surface area contributed by atoms with E-state index in [1.165, 1.54) is 10.9 Å². The second-order valence-electron chi connectivity index (χ2n) is 3.98. The maximum absolute atomic E-state index is 10.7. The number of nitriles is 2. The Bertz CT molecular complexity index is 552. The smallest absolute Gasteiger partial charge is 0.332 e. The molecular weight excluding hydrogens is 236 g/mol. The van der Waals surface area contributed by atoms with Gasteiger partial charge in [0.05, 0.1) is 19.0 Å². The second-order valence-corrected chi connectivity index (χ2v) is 3.98. The highest BCUT2D eigenvalue weighted by atomic mass is 16.5. The van der Waals surface area contributed by atoms with Crippen molar-refractivity contribution in [3.8, 4) is 12.1 Å². The van der Waals surface area contributed by atoms with E-state index < -0.39 is 12.1 Å². The number of carbonyl (C=O) groups is 1. The summed E-state index contributed by atoms with van der Waals surface area (Å²) in [5.74, 6) is -0.971. The average molecular weight is 246 g/mol. The minimum Gasteiger partial charge on any atom is -0.479 e. The highest BCUT2D eigenvalue weighted by Gasteiger charge is 2.31. The van der Waals surface area contributed by atoms with Gasteiger partial charge in [-0.1, -0.05) is 0 Å². The molecule has 0 amide bonds. The van der Waals surface area contributed by atoms with Crippen molar-refractivity contribution in [1.82, 2.24) is 9.55 Å². The molecule has 1 aliphatic heterocycles. The summed E-state index contributed by atoms with van der Waals surface area (Å²) >= 11 is 0. The number of hydrogen-bond donors (Lipinski definition) is 1. The third-order valence-corrected chi connectivity index (χ3v) is 2.83. The van der Waals surface area contributed by atoms with E-state index in [1.807, 2.05) is 12.1 Å². The van der Waals surface area contributed by atoms with Crippen molar-refractivity contribution in [3.05, 3.63) is 17.7 Å². The van der Waals surface area contributed by atoms with Crippen LogP contribution >= 0.6 is 0 Å². The van der Waals surface area contributed by atoms with Crippen LogP contribution < -0.4 is 0 Å². The van der Waals surface area contributed by atoms with E-state index in [4.69, 9.17) is 20.4 Å². The van der Waals surface area contributed by atoms with Gasteiger partial charge in [-0.15, -0.1) is 0 Å². The van der Waals surface area contributed by atoms with Crippen LogP contribution in [0.4, 0.5) is 0 Å². The molecule has 1 aliphatic rings. The van der Waals surface area contributed by atoms with E-state index in [1.54, 1.807) is 0 Å². The first-order valence-corrected chi connectivity index (χ1v) is 5.39. The first kappa shape index (κ1) is 12.1. The van der Waals surface area contributed by atoms with Gasteiger partial charge in [-0.3, -0.25) is 0 Å². The van der Waals surface area contributed by atoms with Gasteiger partial charge in [0.15, 0.2) is 17.5 Å². The van der Waals surface area contributed by atoms with Crippen LogP contribution in [0.3, 0.4) is 0 Å². The standard InChI is InChI=1S/C11H10N4O3/c12-3-8-9(4-13)15(6-14-8)5-7-1-2-10(18-7)11(16)17/h6-7,10H,1-2,5H2,(H,16,17). The monoisotopic (exact) mass is 246 g/mol. The molecule has 7 nitrogen and oxygen atoms in total. The van der Waals surface area contributed by atoms with Gasteiger partial charge in [-0.05, 0) is 12.8 Å². The van der Waals surface area contributed by atoms with E-state index in [0.29, 0.717) is 19.4 Å². The fourth-order valence-corrected chi connectivity index (χ4v) is 1.96. The summed E-state index contributed by atoms with van der Waals surface area (Å²) in [6.45, 7) is 0.335. The van der Waals surface area contributed by atoms with Crippen molar-refractivity contribution in [2.45, 2.75) is 31.6 Å². The fourth-order valence-electron chi connectivity index (χ4n) is 1.96. The lowest BCUT2D eigenvalue weighted by Gasteiger charge is -2.12. The van der Waals surface area contributed by atoms with Crippen molar-refractivity contribution in [2.75, 3.05) is 0 Å². The zero-order valence-corrected chi connectivity index (χ0v) is 9.41. The number of ether oxygens (including phenoxy) is 1. The van der Waals surface area contributed by atoms with Gasteiger partial charge in [0.1, 0.15) is 12.1 Å². The normalized spacial score (nSPS) is 22.3. The maximum Gasteiger partial charge on any atom is 0.332 e. The molecule has 0 aliphatic carbocycles. The van der Waals surface area contributed by atoms with Crippen molar-refractivity contribution in [2.24, 2.45) is 0 Å². The van der Waals surface area contributed by atoms with Crippen LogP contribution in [-0.4, -0.2) is 32.8 Å². The number of imidazole rings is 1. The number of rotatable bonds is 3. The van der Waals surface area contributed by atoms with Crippen molar-refractivity contribution in [1.29, 1.82) is 10.5 Å². The molecule has 0 saturated carbocycles. The summed E-state index contributed by atoms with van der Waals surface area (Å²) in [6.07, 6.45) is 1.43. The van der Waals surface area contributed by atoms with E-state index in [9.17, 15) is 4.79 Å². The maximum atomic E-state index is 10.7. The molecule has 7 heteroatoms. The molecule has 1 N–H and O–H groups in total. The SMILES string of the molecule is N#Cc1ncn(CC2CCC(C(=O)O)O2)c1C#N. The molecule has 2 unspecified atom stereocenters. The Hall–Kier alpha value is -2.38. The first-order valence-electron chi connectivity index (χ1n) is 5.39. The van der Waals surface area contributed by atoms with Crippen molar-refractivity contribution < 1.29 is 14.6 Å². The second kappa shape index (κ2) is 4.86. The molecule has 2 heterocycles. The molecule has 0 spiro atoms. The number of aromatic nitrogens is 2. The highest BCUT2D eigenvalue weighted by Crippen LogP contribution is 2.22. The van der Waals surface area contributed by atoms with Crippen molar-refractivity contribution in [3.63, 3.8) is 0 Å². The minimum atomic E-state index is -0.971. The van der Waals surface area contributed by atoms with E-state index in [-0.39, 0.29) is 17.5 Å². The third kappa shape index (κ3) is 2.17. The molecule has 0 bridgehead atoms. The van der Waals surface area contributed by atoms with Crippen LogP contribution in [0.25, 0.3) is 0 Å². The number of aliphatic carboxylic acids is 1. The van der Waals surface area contributed by atoms with Crippen LogP contribution in [0.5, 0.6) is 0 Å². The Morgan fingerprint density at radius 3 is 2.89 bits per heavy atom. The Balaban J connectivity index is 2.08. The number of nitrogens with zero attached hydrogens (tertiary/aromatic N) is 4. The molecule has 0 radical (unpaired) electrons. The number of carboxylic acid groups (broad SMARTS) is 1. The molecule has 92 valence electrons. The summed E-state index contributed by atoms with van der Waals surface area (Å²) in [6, 6.07) is 3.74. The topological polar surface area (TPSA) is 112 Å². The molecule has 1 aromatic rings. The first-order chi connectivity index (χ1) is 8.65. The van der Waals surface area contributed by atoms with Crippen LogP contribution in [0.15, 0.2) is 6.33 Å². The number of carboxylic acids is 1. The van der Waals surface area contributed by atoms with Crippen LogP contribution in [-0.2, 0) is 16.1 Å². The summed E-state index contributed by atoms with van der Waals surface area (Å²) in [5.41, 5.74) is 0.255. The Kier molecular flexibility index (Phi) is 3.26. The summed E-state index contributed by atoms with van der Waals surface area (Å²) in [7, 11) is 0. The van der Waals surface area contributed by atoms with Gasteiger partial charge in [0.2, 0.25) is 0 Å². The largest absolute Gasteiger partial charge is 0.479 e. The van der Waals surface area contributed by atoms with Gasteiger partial charge in [0, 0.05) is 0 Å². The molecule has 18 heavy (non-hydrogen) atoms. The zero-order chi connectivity index (χ0) is 13.1. The molecule has 1 aromatic heterocycles. The molecule has 2 rings (SSSR count). The van der Waals surface area contributed by atoms with Gasteiger partial charge >= 0.3 is 5.97 Å².